The molecular formula is C15H20N4O2. The third kappa shape index (κ3) is 3.82. The Balaban J connectivity index is 1.99. The first-order valence-corrected chi connectivity index (χ1v) is 6.80. The van der Waals surface area contributed by atoms with Crippen LogP contribution in [0.25, 0.3) is 0 Å². The van der Waals surface area contributed by atoms with E-state index in [-0.39, 0.29) is 11.9 Å². The lowest BCUT2D eigenvalue weighted by atomic mass is 10.1. The zero-order valence-corrected chi connectivity index (χ0v) is 12.2. The fraction of sp³-hybridized carbons (Fsp3) is 0.333. The van der Waals surface area contributed by atoms with Gasteiger partial charge in [0, 0.05) is 19.3 Å². The molecule has 1 atom stereocenters. The molecule has 0 fully saturated rings. The highest BCUT2D eigenvalue weighted by Crippen LogP contribution is 2.17. The van der Waals surface area contributed by atoms with Gasteiger partial charge in [-0.05, 0) is 24.6 Å². The molecule has 3 N–H and O–H groups in total. The van der Waals surface area contributed by atoms with E-state index in [1.165, 1.54) is 0 Å². The van der Waals surface area contributed by atoms with Crippen LogP contribution in [0.4, 0.5) is 0 Å². The van der Waals surface area contributed by atoms with E-state index in [1.54, 1.807) is 24.2 Å². The average Bonchev–Trinajstić information content (AvgIpc) is 2.96. The fourth-order valence-corrected chi connectivity index (χ4v) is 2.00. The topological polar surface area (TPSA) is 82.2 Å². The second-order valence-electron chi connectivity index (χ2n) is 4.75. The molecule has 0 radical (unpaired) electrons. The maximum atomic E-state index is 12.1. The molecular weight excluding hydrogens is 268 g/mol. The number of carbonyl (C=O) groups excluding carboxylic acids is 1. The second-order valence-corrected chi connectivity index (χ2v) is 4.75. The summed E-state index contributed by atoms with van der Waals surface area (Å²) in [5.41, 5.74) is 6.86. The van der Waals surface area contributed by atoms with Crippen LogP contribution in [0.3, 0.4) is 0 Å². The van der Waals surface area contributed by atoms with Crippen molar-refractivity contribution in [3.63, 3.8) is 0 Å². The number of methoxy groups -OCH3 is 1. The highest BCUT2D eigenvalue weighted by Gasteiger charge is 2.13. The Morgan fingerprint density at radius 3 is 2.76 bits per heavy atom. The van der Waals surface area contributed by atoms with Crippen molar-refractivity contribution in [3.05, 3.63) is 48.0 Å². The van der Waals surface area contributed by atoms with E-state index in [1.807, 2.05) is 31.2 Å². The summed E-state index contributed by atoms with van der Waals surface area (Å²) in [6.07, 6.45) is 3.31. The van der Waals surface area contributed by atoms with E-state index in [0.717, 1.165) is 11.3 Å². The number of nitrogens with zero attached hydrogens (tertiary/aromatic N) is 2. The molecule has 0 aliphatic rings. The van der Waals surface area contributed by atoms with Gasteiger partial charge < -0.3 is 20.4 Å². The van der Waals surface area contributed by atoms with Gasteiger partial charge in [-0.25, -0.2) is 4.98 Å². The van der Waals surface area contributed by atoms with Gasteiger partial charge >= 0.3 is 0 Å². The number of carbonyl (C=O) groups is 1. The summed E-state index contributed by atoms with van der Waals surface area (Å²) in [4.78, 5) is 16.2. The minimum Gasteiger partial charge on any atom is -0.497 e. The first-order chi connectivity index (χ1) is 10.1. The molecule has 1 amide bonds. The molecule has 112 valence electrons. The van der Waals surface area contributed by atoms with E-state index < -0.39 is 0 Å². The normalized spacial score (nSPS) is 12.0. The number of nitrogens with one attached hydrogen (secondary N) is 1. The highest BCUT2D eigenvalue weighted by atomic mass is 16.5. The van der Waals surface area contributed by atoms with Crippen LogP contribution in [0.1, 0.15) is 29.0 Å². The van der Waals surface area contributed by atoms with Crippen molar-refractivity contribution in [2.75, 3.05) is 13.7 Å². The van der Waals surface area contributed by atoms with Gasteiger partial charge in [0.15, 0.2) is 0 Å². The Morgan fingerprint density at radius 1 is 1.43 bits per heavy atom. The molecule has 6 heteroatoms. The molecule has 6 nitrogen and oxygen atoms in total. The number of nitrogens with two attached hydrogens (primary N) is 1. The van der Waals surface area contributed by atoms with Crippen molar-refractivity contribution < 1.29 is 9.53 Å². The molecule has 0 saturated heterocycles. The monoisotopic (exact) mass is 288 g/mol. The van der Waals surface area contributed by atoms with Crippen LogP contribution in [-0.4, -0.2) is 29.1 Å². The highest BCUT2D eigenvalue weighted by molar-refractivity contribution is 5.92. The van der Waals surface area contributed by atoms with E-state index in [2.05, 4.69) is 10.3 Å². The lowest BCUT2D eigenvalue weighted by Crippen LogP contribution is -2.26. The summed E-state index contributed by atoms with van der Waals surface area (Å²) in [5, 5.41) is 2.92. The first kappa shape index (κ1) is 15.1. The molecule has 21 heavy (non-hydrogen) atoms. The maximum absolute atomic E-state index is 12.1. The largest absolute Gasteiger partial charge is 0.497 e. The van der Waals surface area contributed by atoms with Gasteiger partial charge in [0.1, 0.15) is 11.4 Å². The van der Waals surface area contributed by atoms with Crippen molar-refractivity contribution in [1.29, 1.82) is 0 Å². The minimum atomic E-state index is -0.200. The van der Waals surface area contributed by atoms with Crippen molar-refractivity contribution in [3.8, 4) is 5.75 Å². The number of hydrogen-bond donors (Lipinski definition) is 2. The molecule has 1 heterocycles. The van der Waals surface area contributed by atoms with E-state index in [0.29, 0.717) is 18.8 Å². The molecule has 2 rings (SSSR count). The molecule has 0 aliphatic carbocycles. The van der Waals surface area contributed by atoms with Crippen LogP contribution < -0.4 is 15.8 Å². The number of amides is 1. The van der Waals surface area contributed by atoms with Crippen LogP contribution in [0, 0.1) is 0 Å². The van der Waals surface area contributed by atoms with Gasteiger partial charge in [-0.3, -0.25) is 4.79 Å². The average molecular weight is 288 g/mol. The standard InChI is InChI=1S/C15H20N4O2/c1-11(12-3-5-13(21-2)6-4-12)18-15(20)14-9-19(8-7-16)10-17-14/h3-6,9-11H,7-8,16H2,1-2H3,(H,18,20)/t11-/m0/s1. The summed E-state index contributed by atoms with van der Waals surface area (Å²) in [6.45, 7) is 3.09. The third-order valence-corrected chi connectivity index (χ3v) is 3.22. The van der Waals surface area contributed by atoms with Gasteiger partial charge in [0.25, 0.3) is 5.91 Å². The van der Waals surface area contributed by atoms with Crippen molar-refractivity contribution in [1.82, 2.24) is 14.9 Å². The van der Waals surface area contributed by atoms with E-state index >= 15 is 0 Å². The van der Waals surface area contributed by atoms with Gasteiger partial charge in [-0.1, -0.05) is 12.1 Å². The Hall–Kier alpha value is -2.34. The SMILES string of the molecule is COc1ccc([C@H](C)NC(=O)c2cn(CCN)cn2)cc1. The molecule has 2 aromatic rings. The number of ether oxygens (including phenoxy) is 1. The number of hydrogen-bond acceptors (Lipinski definition) is 4. The van der Waals surface area contributed by atoms with Crippen LogP contribution in [0.2, 0.25) is 0 Å². The molecule has 1 aromatic carbocycles. The predicted molar refractivity (Wildman–Crippen MR) is 80.2 cm³/mol. The van der Waals surface area contributed by atoms with E-state index in [9.17, 15) is 4.79 Å². The first-order valence-electron chi connectivity index (χ1n) is 6.80. The Bertz CT molecular complexity index is 592. The Morgan fingerprint density at radius 2 is 2.14 bits per heavy atom. The quantitative estimate of drug-likeness (QED) is 0.840. The zero-order valence-electron chi connectivity index (χ0n) is 12.2. The lowest BCUT2D eigenvalue weighted by Gasteiger charge is -2.13. The number of aromatic nitrogens is 2. The second kappa shape index (κ2) is 6.90. The van der Waals surface area contributed by atoms with Crippen LogP contribution in [0.5, 0.6) is 5.75 Å². The number of rotatable bonds is 6. The van der Waals surface area contributed by atoms with Gasteiger partial charge in [0.2, 0.25) is 0 Å². The molecule has 0 saturated carbocycles. The molecule has 0 aliphatic heterocycles. The van der Waals surface area contributed by atoms with Crippen LogP contribution >= 0.6 is 0 Å². The number of benzene rings is 1. The molecule has 0 spiro atoms. The summed E-state index contributed by atoms with van der Waals surface area (Å²) < 4.78 is 6.91. The minimum absolute atomic E-state index is 0.108. The fourth-order valence-electron chi connectivity index (χ4n) is 2.00. The molecule has 0 bridgehead atoms. The summed E-state index contributed by atoms with van der Waals surface area (Å²) in [6, 6.07) is 7.48. The summed E-state index contributed by atoms with van der Waals surface area (Å²) >= 11 is 0. The van der Waals surface area contributed by atoms with Crippen LogP contribution in [-0.2, 0) is 6.54 Å². The summed E-state index contributed by atoms with van der Waals surface area (Å²) in [7, 11) is 1.62. The Kier molecular flexibility index (Phi) is 4.94. The predicted octanol–water partition coefficient (Wildman–Crippen LogP) is 1.34. The van der Waals surface area contributed by atoms with E-state index in [4.69, 9.17) is 10.5 Å². The zero-order chi connectivity index (χ0) is 15.2. The van der Waals surface area contributed by atoms with Gasteiger partial charge in [-0.2, -0.15) is 0 Å². The van der Waals surface area contributed by atoms with Crippen LogP contribution in [0.15, 0.2) is 36.8 Å². The summed E-state index contributed by atoms with van der Waals surface area (Å²) in [5.74, 6) is 0.590. The third-order valence-electron chi connectivity index (χ3n) is 3.22. The lowest BCUT2D eigenvalue weighted by molar-refractivity contribution is 0.0935. The Labute approximate surface area is 123 Å². The van der Waals surface area contributed by atoms with Gasteiger partial charge in [0.05, 0.1) is 19.5 Å². The molecule has 1 aromatic heterocycles. The van der Waals surface area contributed by atoms with Crippen molar-refractivity contribution in [2.45, 2.75) is 19.5 Å². The smallest absolute Gasteiger partial charge is 0.271 e. The number of imidazole rings is 1. The van der Waals surface area contributed by atoms with Crippen molar-refractivity contribution in [2.24, 2.45) is 5.73 Å². The van der Waals surface area contributed by atoms with Crippen molar-refractivity contribution >= 4 is 5.91 Å². The molecule has 0 unspecified atom stereocenters. The van der Waals surface area contributed by atoms with Gasteiger partial charge in [-0.15, -0.1) is 0 Å². The maximum Gasteiger partial charge on any atom is 0.271 e.